The Bertz CT molecular complexity index is 736. The summed E-state index contributed by atoms with van der Waals surface area (Å²) in [5, 5.41) is 0. The van der Waals surface area contributed by atoms with Crippen LogP contribution < -0.4 is 5.73 Å². The van der Waals surface area contributed by atoms with E-state index in [2.05, 4.69) is 4.98 Å². The maximum atomic E-state index is 12.3. The van der Waals surface area contributed by atoms with Gasteiger partial charge in [0.2, 0.25) is 0 Å². The van der Waals surface area contributed by atoms with Gasteiger partial charge in [0, 0.05) is 18.3 Å². The van der Waals surface area contributed by atoms with Crippen molar-refractivity contribution >= 4 is 23.2 Å². The first-order valence-corrected chi connectivity index (χ1v) is 8.98. The van der Waals surface area contributed by atoms with Crippen molar-refractivity contribution in [2.45, 2.75) is 31.1 Å². The van der Waals surface area contributed by atoms with Crippen molar-refractivity contribution in [1.29, 1.82) is 0 Å². The molecule has 1 aliphatic carbocycles. The van der Waals surface area contributed by atoms with Gasteiger partial charge in [0.15, 0.2) is 0 Å². The van der Waals surface area contributed by atoms with E-state index < -0.39 is 5.41 Å². The van der Waals surface area contributed by atoms with Gasteiger partial charge >= 0.3 is 5.97 Å². The van der Waals surface area contributed by atoms with E-state index in [0.717, 1.165) is 31.2 Å². The molecule has 0 saturated heterocycles. The van der Waals surface area contributed by atoms with Crippen molar-refractivity contribution in [2.24, 2.45) is 11.7 Å². The molecule has 1 saturated carbocycles. The fourth-order valence-electron chi connectivity index (χ4n) is 3.80. The molecule has 25 heavy (non-hydrogen) atoms. The summed E-state index contributed by atoms with van der Waals surface area (Å²) in [7, 11) is 0. The van der Waals surface area contributed by atoms with Crippen LogP contribution in [0.3, 0.4) is 0 Å². The quantitative estimate of drug-likeness (QED) is 0.656. The van der Waals surface area contributed by atoms with Crippen LogP contribution in [0, 0.1) is 5.92 Å². The summed E-state index contributed by atoms with van der Waals surface area (Å²) in [6, 6.07) is 13.0. The maximum absolute atomic E-state index is 12.3. The zero-order chi connectivity index (χ0) is 17.7. The fourth-order valence-corrected chi connectivity index (χ4v) is 4.19. The van der Waals surface area contributed by atoms with Crippen LogP contribution in [0.2, 0.25) is 0 Å². The van der Waals surface area contributed by atoms with Crippen LogP contribution in [-0.2, 0) is 10.2 Å². The number of ether oxygens (including phenoxy) is 1. The van der Waals surface area contributed by atoms with Crippen LogP contribution in [0.5, 0.6) is 0 Å². The van der Waals surface area contributed by atoms with Crippen LogP contribution >= 0.6 is 12.2 Å². The van der Waals surface area contributed by atoms with Gasteiger partial charge in [-0.15, -0.1) is 0 Å². The van der Waals surface area contributed by atoms with Crippen LogP contribution in [-0.4, -0.2) is 22.5 Å². The highest BCUT2D eigenvalue weighted by atomic mass is 32.1. The lowest BCUT2D eigenvalue weighted by Crippen LogP contribution is -2.49. The lowest BCUT2D eigenvalue weighted by molar-refractivity contribution is 0.0354. The van der Waals surface area contributed by atoms with E-state index in [1.165, 1.54) is 0 Å². The fraction of sp³-hybridized carbons (Fsp3) is 0.350. The smallest absolute Gasteiger partial charge is 0.338 e. The minimum atomic E-state index is -0.437. The zero-order valence-corrected chi connectivity index (χ0v) is 14.9. The molecule has 0 amide bonds. The number of aromatic nitrogens is 1. The highest BCUT2D eigenvalue weighted by Gasteiger charge is 2.45. The number of rotatable bonds is 5. The van der Waals surface area contributed by atoms with Gasteiger partial charge in [-0.25, -0.2) is 4.79 Å². The Hall–Kier alpha value is -2.27. The lowest BCUT2D eigenvalue weighted by atomic mass is 9.63. The second-order valence-electron chi connectivity index (χ2n) is 6.48. The van der Waals surface area contributed by atoms with Gasteiger partial charge < -0.3 is 10.5 Å². The molecule has 1 aliphatic rings. The number of carbonyl (C=O) groups excluding carboxylic acids is 1. The van der Waals surface area contributed by atoms with Crippen molar-refractivity contribution in [3.05, 3.63) is 66.0 Å². The molecular weight excluding hydrogens is 332 g/mol. The van der Waals surface area contributed by atoms with E-state index in [-0.39, 0.29) is 11.9 Å². The monoisotopic (exact) mass is 354 g/mol. The number of pyridine rings is 1. The summed E-state index contributed by atoms with van der Waals surface area (Å²) in [6.45, 7) is 0.313. The van der Waals surface area contributed by atoms with E-state index in [1.807, 2.05) is 30.3 Å². The molecule has 1 aromatic heterocycles. The van der Waals surface area contributed by atoms with Crippen LogP contribution in [0.4, 0.5) is 0 Å². The first-order valence-electron chi connectivity index (χ1n) is 8.57. The molecule has 1 heterocycles. The molecule has 0 spiro atoms. The number of nitrogens with zero attached hydrogens (tertiary/aromatic N) is 1. The van der Waals surface area contributed by atoms with Crippen molar-refractivity contribution in [3.8, 4) is 0 Å². The summed E-state index contributed by atoms with van der Waals surface area (Å²) in [5.41, 5.74) is 7.40. The molecule has 0 radical (unpaired) electrons. The highest BCUT2D eigenvalue weighted by Crippen LogP contribution is 2.44. The molecule has 2 unspecified atom stereocenters. The van der Waals surface area contributed by atoms with Crippen LogP contribution in [0.1, 0.15) is 41.6 Å². The third-order valence-electron chi connectivity index (χ3n) is 5.13. The van der Waals surface area contributed by atoms with Crippen LogP contribution in [0.25, 0.3) is 0 Å². The maximum Gasteiger partial charge on any atom is 0.338 e. The molecule has 1 aromatic carbocycles. The largest absolute Gasteiger partial charge is 0.462 e. The zero-order valence-electron chi connectivity index (χ0n) is 14.1. The Kier molecular flexibility index (Phi) is 5.43. The number of carbonyl (C=O) groups is 1. The molecule has 2 N–H and O–H groups in total. The van der Waals surface area contributed by atoms with Gasteiger partial charge in [-0.2, -0.15) is 0 Å². The SMILES string of the molecule is NC(=S)C1(c2ccncc2)CCCCC1COC(=O)c1ccccc1. The van der Waals surface area contributed by atoms with E-state index >= 15 is 0 Å². The number of esters is 1. The Morgan fingerprint density at radius 2 is 1.92 bits per heavy atom. The predicted octanol–water partition coefficient (Wildman–Crippen LogP) is 3.65. The van der Waals surface area contributed by atoms with Crippen molar-refractivity contribution in [1.82, 2.24) is 4.98 Å². The molecule has 0 aliphatic heterocycles. The third kappa shape index (κ3) is 3.56. The van der Waals surface area contributed by atoms with Gasteiger partial charge in [-0.3, -0.25) is 4.98 Å². The number of nitrogens with two attached hydrogens (primary N) is 1. The third-order valence-corrected chi connectivity index (χ3v) is 5.50. The van der Waals surface area contributed by atoms with Gasteiger partial charge in [-0.1, -0.05) is 43.3 Å². The normalized spacial score (nSPS) is 23.0. The first kappa shape index (κ1) is 17.5. The van der Waals surface area contributed by atoms with Crippen molar-refractivity contribution in [2.75, 3.05) is 6.61 Å². The highest BCUT2D eigenvalue weighted by molar-refractivity contribution is 7.80. The lowest BCUT2D eigenvalue weighted by Gasteiger charge is -2.43. The van der Waals surface area contributed by atoms with E-state index in [4.69, 9.17) is 22.7 Å². The predicted molar refractivity (Wildman–Crippen MR) is 101 cm³/mol. The molecular formula is C20H22N2O2S. The standard InChI is InChI=1S/C20H22N2O2S/c21-19(25)20(16-9-12-22-13-10-16)11-5-4-8-17(20)14-24-18(23)15-6-2-1-3-7-15/h1-3,6-7,9-10,12-13,17H,4-5,8,11,14H2,(H2,21,25). The molecule has 1 fully saturated rings. The molecule has 130 valence electrons. The average molecular weight is 354 g/mol. The van der Waals surface area contributed by atoms with Crippen LogP contribution in [0.15, 0.2) is 54.9 Å². The summed E-state index contributed by atoms with van der Waals surface area (Å²) in [6.07, 6.45) is 7.47. The van der Waals surface area contributed by atoms with Crippen molar-refractivity contribution in [3.63, 3.8) is 0 Å². The molecule has 3 rings (SSSR count). The van der Waals surface area contributed by atoms with Crippen molar-refractivity contribution < 1.29 is 9.53 Å². The van der Waals surface area contributed by atoms with E-state index in [1.54, 1.807) is 24.5 Å². The van der Waals surface area contributed by atoms with Gasteiger partial charge in [0.1, 0.15) is 0 Å². The molecule has 0 bridgehead atoms. The first-order chi connectivity index (χ1) is 12.1. The minimum Gasteiger partial charge on any atom is -0.462 e. The molecule has 2 aromatic rings. The number of hydrogen-bond donors (Lipinski definition) is 1. The Morgan fingerprint density at radius 3 is 2.60 bits per heavy atom. The van der Waals surface area contributed by atoms with E-state index in [9.17, 15) is 4.79 Å². The Morgan fingerprint density at radius 1 is 1.20 bits per heavy atom. The second kappa shape index (κ2) is 7.74. The molecule has 4 nitrogen and oxygen atoms in total. The minimum absolute atomic E-state index is 0.0776. The number of hydrogen-bond acceptors (Lipinski definition) is 4. The summed E-state index contributed by atoms with van der Waals surface area (Å²) < 4.78 is 5.62. The topological polar surface area (TPSA) is 65.2 Å². The molecule has 5 heteroatoms. The summed E-state index contributed by atoms with van der Waals surface area (Å²) in [4.78, 5) is 16.9. The average Bonchev–Trinajstić information content (AvgIpc) is 2.67. The molecule has 2 atom stereocenters. The Labute approximate surface area is 153 Å². The summed E-state index contributed by atoms with van der Waals surface area (Å²) >= 11 is 5.48. The Balaban J connectivity index is 1.82. The second-order valence-corrected chi connectivity index (χ2v) is 6.92. The van der Waals surface area contributed by atoms with Gasteiger partial charge in [-0.05, 0) is 42.7 Å². The van der Waals surface area contributed by atoms with Gasteiger partial charge in [0.05, 0.1) is 22.6 Å². The van der Waals surface area contributed by atoms with Gasteiger partial charge in [0.25, 0.3) is 0 Å². The number of benzene rings is 1. The number of thiocarbonyl (C=S) groups is 1. The summed E-state index contributed by atoms with van der Waals surface area (Å²) in [5.74, 6) is -0.230. The van der Waals surface area contributed by atoms with E-state index in [0.29, 0.717) is 17.2 Å².